The highest BCUT2D eigenvalue weighted by Gasteiger charge is 2.35. The van der Waals surface area contributed by atoms with Gasteiger partial charge in [-0.1, -0.05) is 6.07 Å². The molecule has 7 nitrogen and oxygen atoms in total. The van der Waals surface area contributed by atoms with Crippen molar-refractivity contribution in [2.45, 2.75) is 37.5 Å². The maximum atomic E-state index is 12.8. The summed E-state index contributed by atoms with van der Waals surface area (Å²) >= 11 is 0. The van der Waals surface area contributed by atoms with Crippen molar-refractivity contribution in [1.29, 1.82) is 0 Å². The van der Waals surface area contributed by atoms with E-state index in [1.54, 1.807) is 4.57 Å². The molecule has 1 saturated heterocycles. The van der Waals surface area contributed by atoms with Gasteiger partial charge in [-0.15, -0.1) is 0 Å². The molecule has 1 aliphatic heterocycles. The van der Waals surface area contributed by atoms with Gasteiger partial charge in [0.05, 0.1) is 17.8 Å². The minimum Gasteiger partial charge on any atom is -0.336 e. The van der Waals surface area contributed by atoms with E-state index in [4.69, 9.17) is 0 Å². The number of alkyl halides is 3. The summed E-state index contributed by atoms with van der Waals surface area (Å²) in [5.74, 6) is -1.18. The molecule has 29 heavy (non-hydrogen) atoms. The number of hydrogen-bond acceptors (Lipinski definition) is 4. The number of nitrogens with zero attached hydrogens (tertiary/aromatic N) is 3. The number of carbonyl (C=O) groups is 1. The maximum Gasteiger partial charge on any atom is 0.416 e. The molecule has 11 heteroatoms. The number of aryl methyl sites for hydroxylation is 1. The Kier molecular flexibility index (Phi) is 5.99. The zero-order chi connectivity index (χ0) is 21.2. The molecule has 0 bridgehead atoms. The molecule has 1 aromatic heterocycles. The van der Waals surface area contributed by atoms with E-state index in [1.165, 1.54) is 29.0 Å². The van der Waals surface area contributed by atoms with Gasteiger partial charge in [-0.3, -0.25) is 4.79 Å². The second kappa shape index (κ2) is 8.15. The van der Waals surface area contributed by atoms with Gasteiger partial charge in [-0.05, 0) is 38.0 Å². The summed E-state index contributed by atoms with van der Waals surface area (Å²) in [4.78, 5) is 16.5. The first-order valence-electron chi connectivity index (χ1n) is 9.11. The number of rotatable bonds is 5. The molecule has 0 aliphatic carbocycles. The van der Waals surface area contributed by atoms with Gasteiger partial charge < -0.3 is 9.88 Å². The number of sulfonamides is 1. The fraction of sp³-hybridized carbons (Fsp3) is 0.444. The molecule has 1 unspecified atom stereocenters. The smallest absolute Gasteiger partial charge is 0.336 e. The van der Waals surface area contributed by atoms with Crippen LogP contribution in [0.5, 0.6) is 0 Å². The summed E-state index contributed by atoms with van der Waals surface area (Å²) in [5.41, 5.74) is -0.846. The van der Waals surface area contributed by atoms with Crippen molar-refractivity contribution >= 4 is 21.6 Å². The zero-order valence-electron chi connectivity index (χ0n) is 15.7. The van der Waals surface area contributed by atoms with Crippen LogP contribution >= 0.6 is 0 Å². The van der Waals surface area contributed by atoms with Crippen LogP contribution in [0.1, 0.15) is 25.3 Å². The van der Waals surface area contributed by atoms with E-state index < -0.39 is 33.6 Å². The normalized spacial score (nSPS) is 18.6. The van der Waals surface area contributed by atoms with Crippen molar-refractivity contribution in [3.8, 4) is 0 Å². The van der Waals surface area contributed by atoms with Crippen LogP contribution in [0.25, 0.3) is 0 Å². The van der Waals surface area contributed by atoms with Crippen LogP contribution in [0.2, 0.25) is 0 Å². The van der Waals surface area contributed by atoms with E-state index in [1.807, 2.05) is 6.92 Å². The quantitative estimate of drug-likeness (QED) is 0.791. The Bertz CT molecular complexity index is 988. The molecule has 2 aromatic rings. The fourth-order valence-electron chi connectivity index (χ4n) is 3.17. The van der Waals surface area contributed by atoms with Crippen molar-refractivity contribution in [1.82, 2.24) is 13.9 Å². The number of anilines is 1. The Morgan fingerprint density at radius 1 is 1.34 bits per heavy atom. The van der Waals surface area contributed by atoms with Gasteiger partial charge in [0.1, 0.15) is 0 Å². The SMILES string of the molecule is CCn1cnc(S(=O)(=O)N2CCCC(C(=O)Nc3cccc(C(F)(F)F)c3)C2)c1. The first kappa shape index (κ1) is 21.3. The third kappa shape index (κ3) is 4.78. The molecule has 1 aromatic carbocycles. The predicted molar refractivity (Wildman–Crippen MR) is 99.5 cm³/mol. The summed E-state index contributed by atoms with van der Waals surface area (Å²) in [6.45, 7) is 2.64. The van der Waals surface area contributed by atoms with Gasteiger partial charge in [0.25, 0.3) is 10.0 Å². The number of hydrogen-bond donors (Lipinski definition) is 1. The van der Waals surface area contributed by atoms with Gasteiger partial charge in [-0.25, -0.2) is 13.4 Å². The largest absolute Gasteiger partial charge is 0.416 e. The lowest BCUT2D eigenvalue weighted by Crippen LogP contribution is -2.43. The van der Waals surface area contributed by atoms with Crippen molar-refractivity contribution in [2.24, 2.45) is 5.92 Å². The molecule has 0 spiro atoms. The standard InChI is InChI=1S/C18H21F3N4O3S/c1-2-24-11-16(22-12-24)29(27,28)25-8-4-5-13(10-25)17(26)23-15-7-3-6-14(9-15)18(19,20)21/h3,6-7,9,11-13H,2,4-5,8,10H2,1H3,(H,23,26). The van der Waals surface area contributed by atoms with E-state index in [0.29, 0.717) is 19.4 Å². The van der Waals surface area contributed by atoms with Crippen LogP contribution in [0.15, 0.2) is 41.8 Å². The third-order valence-electron chi connectivity index (χ3n) is 4.79. The van der Waals surface area contributed by atoms with Crippen LogP contribution in [0, 0.1) is 5.92 Å². The predicted octanol–water partition coefficient (Wildman–Crippen LogP) is 2.96. The van der Waals surface area contributed by atoms with E-state index in [9.17, 15) is 26.4 Å². The van der Waals surface area contributed by atoms with Crippen LogP contribution < -0.4 is 5.32 Å². The Hall–Kier alpha value is -2.40. The van der Waals surface area contributed by atoms with Crippen LogP contribution in [0.4, 0.5) is 18.9 Å². The number of halogens is 3. The minimum absolute atomic E-state index is 0.0199. The summed E-state index contributed by atoms with van der Waals surface area (Å²) in [5, 5.41) is 2.38. The third-order valence-corrected chi connectivity index (χ3v) is 6.54. The van der Waals surface area contributed by atoms with Crippen LogP contribution in [0.3, 0.4) is 0 Å². The molecule has 158 valence electrons. The number of imidazole rings is 1. The molecule has 0 radical (unpaired) electrons. The number of piperidine rings is 1. The van der Waals surface area contributed by atoms with E-state index in [-0.39, 0.29) is 23.8 Å². The summed E-state index contributed by atoms with van der Waals surface area (Å²) < 4.78 is 66.9. The van der Waals surface area contributed by atoms with Crippen molar-refractivity contribution in [3.05, 3.63) is 42.4 Å². The highest BCUT2D eigenvalue weighted by Crippen LogP contribution is 2.31. The van der Waals surface area contributed by atoms with Crippen LogP contribution in [-0.2, 0) is 27.5 Å². The summed E-state index contributed by atoms with van der Waals surface area (Å²) in [6.07, 6.45) is -0.747. The number of amides is 1. The van der Waals surface area contributed by atoms with E-state index in [2.05, 4.69) is 10.3 Å². The Morgan fingerprint density at radius 3 is 2.76 bits per heavy atom. The molecular weight excluding hydrogens is 409 g/mol. The minimum atomic E-state index is -4.52. The molecular formula is C18H21F3N4O3S. The Labute approximate surface area is 166 Å². The highest BCUT2D eigenvalue weighted by atomic mass is 32.2. The molecule has 1 atom stereocenters. The Balaban J connectivity index is 1.71. The average molecular weight is 430 g/mol. The molecule has 3 rings (SSSR count). The molecule has 1 amide bonds. The fourth-order valence-corrected chi connectivity index (χ4v) is 4.63. The monoisotopic (exact) mass is 430 g/mol. The number of carbonyl (C=O) groups excluding carboxylic acids is 1. The number of nitrogens with one attached hydrogen (secondary N) is 1. The molecule has 0 saturated carbocycles. The van der Waals surface area contributed by atoms with Gasteiger partial charge in [0.15, 0.2) is 5.03 Å². The highest BCUT2D eigenvalue weighted by molar-refractivity contribution is 7.89. The second-order valence-corrected chi connectivity index (χ2v) is 8.70. The first-order valence-corrected chi connectivity index (χ1v) is 10.6. The van der Waals surface area contributed by atoms with Crippen molar-refractivity contribution in [2.75, 3.05) is 18.4 Å². The summed E-state index contributed by atoms with van der Waals surface area (Å²) in [6, 6.07) is 4.34. The van der Waals surface area contributed by atoms with Gasteiger partial charge in [0.2, 0.25) is 5.91 Å². The van der Waals surface area contributed by atoms with Crippen molar-refractivity contribution < 1.29 is 26.4 Å². The first-order chi connectivity index (χ1) is 13.6. The van der Waals surface area contributed by atoms with Gasteiger partial charge >= 0.3 is 6.18 Å². The second-order valence-electron chi connectivity index (χ2n) is 6.81. The van der Waals surface area contributed by atoms with E-state index >= 15 is 0 Å². The number of aromatic nitrogens is 2. The molecule has 2 heterocycles. The van der Waals surface area contributed by atoms with Crippen molar-refractivity contribution in [3.63, 3.8) is 0 Å². The average Bonchev–Trinajstić information content (AvgIpc) is 3.18. The lowest BCUT2D eigenvalue weighted by atomic mass is 9.98. The van der Waals surface area contributed by atoms with Crippen LogP contribution in [-0.4, -0.2) is 41.3 Å². The van der Waals surface area contributed by atoms with Gasteiger partial charge in [-0.2, -0.15) is 17.5 Å². The Morgan fingerprint density at radius 2 is 2.10 bits per heavy atom. The topological polar surface area (TPSA) is 84.3 Å². The lowest BCUT2D eigenvalue weighted by molar-refractivity contribution is -0.137. The zero-order valence-corrected chi connectivity index (χ0v) is 16.5. The molecule has 1 aliphatic rings. The van der Waals surface area contributed by atoms with E-state index in [0.717, 1.165) is 12.1 Å². The van der Waals surface area contributed by atoms with Gasteiger partial charge in [0, 0.05) is 31.5 Å². The maximum absolute atomic E-state index is 12.8. The molecule has 1 fully saturated rings. The lowest BCUT2D eigenvalue weighted by Gasteiger charge is -2.30. The summed E-state index contributed by atoms with van der Waals surface area (Å²) in [7, 11) is -3.84. The number of benzene rings is 1. The molecule has 1 N–H and O–H groups in total.